The molecule has 0 aliphatic rings. The number of carbonyl (C=O) groups excluding carboxylic acids is 3. The number of phenols is 1. The van der Waals surface area contributed by atoms with Gasteiger partial charge in [-0.1, -0.05) is 12.1 Å². The number of nitrogens with one attached hydrogen (secondary N) is 3. The highest BCUT2D eigenvalue weighted by Crippen LogP contribution is 2.11. The Kier molecular flexibility index (Phi) is 11.7. The molecule has 184 valence electrons. The third-order valence-corrected chi connectivity index (χ3v) is 5.45. The molecule has 0 radical (unpaired) electrons. The number of carboxylic acids is 1. The minimum absolute atomic E-state index is 0.0222. The van der Waals surface area contributed by atoms with Crippen molar-refractivity contribution >= 4 is 35.5 Å². The summed E-state index contributed by atoms with van der Waals surface area (Å²) in [4.78, 5) is 48.9. The highest BCUT2D eigenvalue weighted by molar-refractivity contribution is 7.98. The Balaban J connectivity index is 2.78. The van der Waals surface area contributed by atoms with Crippen LogP contribution in [0.2, 0.25) is 0 Å². The van der Waals surface area contributed by atoms with E-state index in [4.69, 9.17) is 5.73 Å². The molecule has 1 aromatic rings. The van der Waals surface area contributed by atoms with Gasteiger partial charge in [0.25, 0.3) is 0 Å². The van der Waals surface area contributed by atoms with Crippen LogP contribution < -0.4 is 21.7 Å². The van der Waals surface area contributed by atoms with Crippen molar-refractivity contribution in [3.8, 4) is 5.75 Å². The molecule has 12 heteroatoms. The molecule has 0 fully saturated rings. The van der Waals surface area contributed by atoms with E-state index in [1.807, 2.05) is 6.26 Å². The maximum Gasteiger partial charge on any atom is 0.326 e. The second-order valence-corrected chi connectivity index (χ2v) is 8.59. The van der Waals surface area contributed by atoms with Crippen LogP contribution >= 0.6 is 11.8 Å². The molecule has 0 heterocycles. The van der Waals surface area contributed by atoms with Gasteiger partial charge in [-0.15, -0.1) is 0 Å². The zero-order valence-corrected chi connectivity index (χ0v) is 19.6. The van der Waals surface area contributed by atoms with Gasteiger partial charge in [0, 0.05) is 6.42 Å². The number of aliphatic hydroxyl groups is 1. The molecule has 0 saturated carbocycles. The summed E-state index contributed by atoms with van der Waals surface area (Å²) >= 11 is 1.46. The number of aromatic hydroxyl groups is 1. The van der Waals surface area contributed by atoms with E-state index < -0.39 is 54.0 Å². The maximum atomic E-state index is 12.7. The van der Waals surface area contributed by atoms with Crippen molar-refractivity contribution in [3.05, 3.63) is 29.8 Å². The van der Waals surface area contributed by atoms with Gasteiger partial charge in [-0.2, -0.15) is 11.8 Å². The van der Waals surface area contributed by atoms with Gasteiger partial charge >= 0.3 is 5.97 Å². The largest absolute Gasteiger partial charge is 0.508 e. The summed E-state index contributed by atoms with van der Waals surface area (Å²) in [5.74, 6) is -2.75. The van der Waals surface area contributed by atoms with E-state index in [1.165, 1.54) is 37.7 Å². The highest BCUT2D eigenvalue weighted by Gasteiger charge is 2.29. The monoisotopic (exact) mass is 484 g/mol. The van der Waals surface area contributed by atoms with Crippen LogP contribution in [-0.2, 0) is 25.6 Å². The molecule has 3 amide bonds. The summed E-state index contributed by atoms with van der Waals surface area (Å²) in [6, 6.07) is 1.36. The van der Waals surface area contributed by atoms with Gasteiger partial charge in [0.1, 0.15) is 29.9 Å². The molecular formula is C21H32N4O7S. The Hall–Kier alpha value is -2.83. The Bertz CT molecular complexity index is 819. The molecule has 5 atom stereocenters. The van der Waals surface area contributed by atoms with E-state index in [2.05, 4.69) is 16.0 Å². The molecule has 1 rings (SSSR count). The van der Waals surface area contributed by atoms with Crippen LogP contribution in [-0.4, -0.2) is 81.3 Å². The fraction of sp³-hybridized carbons (Fsp3) is 0.524. The Labute approximate surface area is 196 Å². The molecule has 33 heavy (non-hydrogen) atoms. The van der Waals surface area contributed by atoms with Crippen molar-refractivity contribution in [1.82, 2.24) is 16.0 Å². The van der Waals surface area contributed by atoms with Crippen molar-refractivity contribution in [2.75, 3.05) is 12.0 Å². The van der Waals surface area contributed by atoms with Crippen molar-refractivity contribution < 1.29 is 34.5 Å². The van der Waals surface area contributed by atoms with Gasteiger partial charge in [-0.05, 0) is 50.0 Å². The summed E-state index contributed by atoms with van der Waals surface area (Å²) < 4.78 is 0. The Morgan fingerprint density at radius 3 is 2.06 bits per heavy atom. The molecule has 11 nitrogen and oxygen atoms in total. The normalized spacial score (nSPS) is 15.4. The van der Waals surface area contributed by atoms with E-state index in [1.54, 1.807) is 12.1 Å². The number of benzene rings is 1. The fourth-order valence-corrected chi connectivity index (χ4v) is 3.21. The summed E-state index contributed by atoms with van der Waals surface area (Å²) in [6.45, 7) is 2.74. The first-order chi connectivity index (χ1) is 15.5. The van der Waals surface area contributed by atoms with Crippen LogP contribution in [0.4, 0.5) is 0 Å². The molecule has 5 unspecified atom stereocenters. The second-order valence-electron chi connectivity index (χ2n) is 7.61. The Morgan fingerprint density at radius 2 is 1.55 bits per heavy atom. The molecule has 0 bridgehead atoms. The number of thioether (sulfide) groups is 1. The average molecular weight is 485 g/mol. The summed E-state index contributed by atoms with van der Waals surface area (Å²) in [5.41, 5.74) is 6.20. The first kappa shape index (κ1) is 28.2. The number of phenolic OH excluding ortho intramolecular Hbond substituents is 1. The molecule has 0 aromatic heterocycles. The van der Waals surface area contributed by atoms with Crippen molar-refractivity contribution in [1.29, 1.82) is 0 Å². The van der Waals surface area contributed by atoms with Gasteiger partial charge in [-0.3, -0.25) is 14.4 Å². The molecule has 0 aliphatic heterocycles. The molecule has 0 aliphatic carbocycles. The molecule has 1 aromatic carbocycles. The lowest BCUT2D eigenvalue weighted by Crippen LogP contribution is -2.57. The lowest BCUT2D eigenvalue weighted by atomic mass is 10.1. The van der Waals surface area contributed by atoms with Gasteiger partial charge in [-0.25, -0.2) is 4.79 Å². The SMILES string of the molecule is CSCCC(NC(=O)C(N)C(C)O)C(=O)NC(C)C(=O)NC(Cc1ccc(O)cc1)C(=O)O. The molecule has 0 saturated heterocycles. The standard InChI is InChI=1S/C21H32N4O7S/c1-11(18(28)25-16(21(31)32)10-13-4-6-14(27)7-5-13)23-19(29)15(8-9-33-3)24-20(30)17(22)12(2)26/h4-7,11-12,15-17,26-27H,8-10,22H2,1-3H3,(H,23,29)(H,24,30)(H,25,28)(H,31,32). The predicted molar refractivity (Wildman–Crippen MR) is 124 cm³/mol. The number of carbonyl (C=O) groups is 4. The second kappa shape index (κ2) is 13.7. The number of amides is 3. The summed E-state index contributed by atoms with van der Waals surface area (Å²) in [5, 5.41) is 35.6. The first-order valence-electron chi connectivity index (χ1n) is 10.3. The average Bonchev–Trinajstić information content (AvgIpc) is 2.76. The van der Waals surface area contributed by atoms with Crippen LogP contribution in [0.1, 0.15) is 25.8 Å². The van der Waals surface area contributed by atoms with Crippen molar-refractivity contribution in [2.24, 2.45) is 5.73 Å². The third kappa shape index (κ3) is 9.68. The maximum absolute atomic E-state index is 12.7. The zero-order valence-electron chi connectivity index (χ0n) is 18.8. The summed E-state index contributed by atoms with van der Waals surface area (Å²) in [7, 11) is 0. The van der Waals surface area contributed by atoms with Crippen LogP contribution in [0.5, 0.6) is 5.75 Å². The number of aliphatic hydroxyl groups excluding tert-OH is 1. The van der Waals surface area contributed by atoms with Crippen molar-refractivity contribution in [2.45, 2.75) is 57.0 Å². The quantitative estimate of drug-likeness (QED) is 0.183. The van der Waals surface area contributed by atoms with Crippen molar-refractivity contribution in [3.63, 3.8) is 0 Å². The topological polar surface area (TPSA) is 191 Å². The van der Waals surface area contributed by atoms with Gasteiger partial charge < -0.3 is 37.0 Å². The smallest absolute Gasteiger partial charge is 0.326 e. The van der Waals surface area contributed by atoms with Crippen LogP contribution in [0, 0.1) is 0 Å². The van der Waals surface area contributed by atoms with Gasteiger partial charge in [0.05, 0.1) is 6.10 Å². The Morgan fingerprint density at radius 1 is 0.970 bits per heavy atom. The van der Waals surface area contributed by atoms with Crippen LogP contribution in [0.25, 0.3) is 0 Å². The number of rotatable bonds is 13. The first-order valence-corrected chi connectivity index (χ1v) is 11.7. The number of nitrogens with two attached hydrogens (primary N) is 1. The fourth-order valence-electron chi connectivity index (χ4n) is 2.74. The van der Waals surface area contributed by atoms with E-state index >= 15 is 0 Å². The minimum atomic E-state index is -1.26. The molecule has 8 N–H and O–H groups in total. The number of hydrogen-bond donors (Lipinski definition) is 7. The van der Waals surface area contributed by atoms with E-state index in [0.29, 0.717) is 11.3 Å². The minimum Gasteiger partial charge on any atom is -0.508 e. The lowest BCUT2D eigenvalue weighted by molar-refractivity contribution is -0.142. The zero-order chi connectivity index (χ0) is 25.1. The van der Waals surface area contributed by atoms with E-state index in [0.717, 1.165) is 0 Å². The van der Waals surface area contributed by atoms with E-state index in [9.17, 15) is 34.5 Å². The number of hydrogen-bond acceptors (Lipinski definition) is 8. The van der Waals surface area contributed by atoms with Gasteiger partial charge in [0.2, 0.25) is 17.7 Å². The highest BCUT2D eigenvalue weighted by atomic mass is 32.2. The van der Waals surface area contributed by atoms with Crippen LogP contribution in [0.15, 0.2) is 24.3 Å². The van der Waals surface area contributed by atoms with Crippen LogP contribution in [0.3, 0.4) is 0 Å². The summed E-state index contributed by atoms with van der Waals surface area (Å²) in [6.07, 6.45) is 0.957. The number of carboxylic acid groups (broad SMARTS) is 1. The third-order valence-electron chi connectivity index (χ3n) is 4.81. The van der Waals surface area contributed by atoms with E-state index in [-0.39, 0.29) is 18.6 Å². The molecule has 0 spiro atoms. The lowest BCUT2D eigenvalue weighted by Gasteiger charge is -2.24. The number of aliphatic carboxylic acids is 1. The predicted octanol–water partition coefficient (Wildman–Crippen LogP) is -1.05. The van der Waals surface area contributed by atoms with Gasteiger partial charge in [0.15, 0.2) is 0 Å². The molecular weight excluding hydrogens is 452 g/mol.